The molecule has 1 aliphatic rings. The SMILES string of the molecule is COCCOCCCOCc1cc(CNC2CC2)co1. The van der Waals surface area contributed by atoms with Gasteiger partial charge in [-0.1, -0.05) is 0 Å². The smallest absolute Gasteiger partial charge is 0.129 e. The molecule has 114 valence electrons. The van der Waals surface area contributed by atoms with E-state index in [0.29, 0.717) is 33.0 Å². The van der Waals surface area contributed by atoms with Gasteiger partial charge >= 0.3 is 0 Å². The Labute approximate surface area is 120 Å². The first-order valence-electron chi connectivity index (χ1n) is 7.32. The summed E-state index contributed by atoms with van der Waals surface area (Å²) >= 11 is 0. The summed E-state index contributed by atoms with van der Waals surface area (Å²) in [6.45, 7) is 4.10. The zero-order valence-corrected chi connectivity index (χ0v) is 12.2. The Hall–Kier alpha value is -0.880. The van der Waals surface area contributed by atoms with Crippen molar-refractivity contribution >= 4 is 0 Å². The van der Waals surface area contributed by atoms with Crippen molar-refractivity contribution in [3.63, 3.8) is 0 Å². The van der Waals surface area contributed by atoms with Crippen LogP contribution in [0.15, 0.2) is 16.7 Å². The number of methoxy groups -OCH3 is 1. The summed E-state index contributed by atoms with van der Waals surface area (Å²) in [6.07, 6.45) is 5.31. The molecule has 0 aromatic carbocycles. The van der Waals surface area contributed by atoms with Gasteiger partial charge in [0.2, 0.25) is 0 Å². The van der Waals surface area contributed by atoms with Crippen LogP contribution in [0.25, 0.3) is 0 Å². The molecule has 5 heteroatoms. The Morgan fingerprint density at radius 3 is 2.85 bits per heavy atom. The molecule has 0 saturated heterocycles. The first-order chi connectivity index (χ1) is 9.88. The molecule has 1 heterocycles. The number of hydrogen-bond acceptors (Lipinski definition) is 5. The van der Waals surface area contributed by atoms with Crippen molar-refractivity contribution in [2.45, 2.75) is 38.5 Å². The van der Waals surface area contributed by atoms with E-state index in [1.54, 1.807) is 7.11 Å². The molecule has 0 atom stereocenters. The van der Waals surface area contributed by atoms with Gasteiger partial charge in [0.15, 0.2) is 0 Å². The van der Waals surface area contributed by atoms with Gasteiger partial charge in [0.05, 0.1) is 19.5 Å². The van der Waals surface area contributed by atoms with Gasteiger partial charge in [-0.05, 0) is 25.3 Å². The Morgan fingerprint density at radius 1 is 1.20 bits per heavy atom. The fraction of sp³-hybridized carbons (Fsp3) is 0.733. The molecule has 2 rings (SSSR count). The molecule has 1 N–H and O–H groups in total. The third-order valence-corrected chi connectivity index (χ3v) is 3.13. The standard InChI is InChI=1S/C15H25NO4/c1-17-7-8-18-5-2-6-19-12-15-9-13(11-20-15)10-16-14-3-4-14/h9,11,14,16H,2-8,10,12H2,1H3. The summed E-state index contributed by atoms with van der Waals surface area (Å²) in [5, 5.41) is 3.46. The molecule has 0 aliphatic heterocycles. The average Bonchev–Trinajstić information content (AvgIpc) is 3.18. The van der Waals surface area contributed by atoms with E-state index in [2.05, 4.69) is 11.4 Å². The molecule has 0 bridgehead atoms. The molecule has 1 aromatic heterocycles. The lowest BCUT2D eigenvalue weighted by atomic mass is 10.3. The second-order valence-electron chi connectivity index (χ2n) is 5.09. The molecule has 1 aliphatic carbocycles. The van der Waals surface area contributed by atoms with Gasteiger partial charge in [0.25, 0.3) is 0 Å². The van der Waals surface area contributed by atoms with Crippen LogP contribution in [-0.4, -0.2) is 39.6 Å². The number of nitrogens with one attached hydrogen (secondary N) is 1. The molecule has 5 nitrogen and oxygen atoms in total. The monoisotopic (exact) mass is 283 g/mol. The van der Waals surface area contributed by atoms with Gasteiger partial charge in [-0.2, -0.15) is 0 Å². The molecular formula is C15H25NO4. The number of hydrogen-bond donors (Lipinski definition) is 1. The van der Waals surface area contributed by atoms with Crippen molar-refractivity contribution < 1.29 is 18.6 Å². The maximum absolute atomic E-state index is 5.55. The number of ether oxygens (including phenoxy) is 3. The second-order valence-corrected chi connectivity index (χ2v) is 5.09. The summed E-state index contributed by atoms with van der Waals surface area (Å²) in [5.74, 6) is 0.887. The first kappa shape index (κ1) is 15.5. The van der Waals surface area contributed by atoms with E-state index in [4.69, 9.17) is 18.6 Å². The summed E-state index contributed by atoms with van der Waals surface area (Å²) in [6, 6.07) is 2.78. The van der Waals surface area contributed by atoms with Crippen molar-refractivity contribution in [2.75, 3.05) is 33.5 Å². The van der Waals surface area contributed by atoms with Gasteiger partial charge in [0, 0.05) is 38.5 Å². The second kappa shape index (κ2) is 9.13. The van der Waals surface area contributed by atoms with Crippen molar-refractivity contribution in [1.82, 2.24) is 5.32 Å². The topological polar surface area (TPSA) is 52.9 Å². The van der Waals surface area contributed by atoms with Crippen molar-refractivity contribution in [3.05, 3.63) is 23.7 Å². The van der Waals surface area contributed by atoms with E-state index >= 15 is 0 Å². The quantitative estimate of drug-likeness (QED) is 0.595. The molecule has 0 unspecified atom stereocenters. The largest absolute Gasteiger partial charge is 0.467 e. The van der Waals surface area contributed by atoms with Crippen LogP contribution in [0.3, 0.4) is 0 Å². The lowest BCUT2D eigenvalue weighted by Crippen LogP contribution is -2.14. The minimum absolute atomic E-state index is 0.529. The third kappa shape index (κ3) is 6.52. The van der Waals surface area contributed by atoms with Gasteiger partial charge in [-0.25, -0.2) is 0 Å². The fourth-order valence-electron chi connectivity index (χ4n) is 1.82. The van der Waals surface area contributed by atoms with Crippen molar-refractivity contribution in [3.8, 4) is 0 Å². The van der Waals surface area contributed by atoms with Crippen molar-refractivity contribution in [1.29, 1.82) is 0 Å². The van der Waals surface area contributed by atoms with E-state index in [1.807, 2.05) is 6.26 Å². The van der Waals surface area contributed by atoms with Crippen LogP contribution in [0, 0.1) is 0 Å². The van der Waals surface area contributed by atoms with Crippen LogP contribution in [0.5, 0.6) is 0 Å². The number of furan rings is 1. The minimum Gasteiger partial charge on any atom is -0.467 e. The maximum atomic E-state index is 5.55. The fourth-order valence-corrected chi connectivity index (χ4v) is 1.82. The van der Waals surface area contributed by atoms with E-state index in [0.717, 1.165) is 24.8 Å². The van der Waals surface area contributed by atoms with Crippen LogP contribution < -0.4 is 5.32 Å². The lowest BCUT2D eigenvalue weighted by molar-refractivity contribution is 0.0453. The van der Waals surface area contributed by atoms with Crippen LogP contribution in [-0.2, 0) is 27.4 Å². The molecule has 0 radical (unpaired) electrons. The Morgan fingerprint density at radius 2 is 2.05 bits per heavy atom. The Kier molecular flexibility index (Phi) is 7.08. The number of rotatable bonds is 12. The summed E-state index contributed by atoms with van der Waals surface area (Å²) in [7, 11) is 1.67. The summed E-state index contributed by atoms with van der Waals surface area (Å²) < 4.78 is 21.3. The normalized spacial score (nSPS) is 14.8. The molecule has 0 amide bonds. The van der Waals surface area contributed by atoms with Crippen LogP contribution in [0.1, 0.15) is 30.6 Å². The zero-order valence-electron chi connectivity index (χ0n) is 12.2. The third-order valence-electron chi connectivity index (χ3n) is 3.13. The molecule has 1 saturated carbocycles. The highest BCUT2D eigenvalue weighted by molar-refractivity contribution is 5.12. The van der Waals surface area contributed by atoms with Crippen LogP contribution >= 0.6 is 0 Å². The molecular weight excluding hydrogens is 258 g/mol. The summed E-state index contributed by atoms with van der Waals surface area (Å²) in [5.41, 5.74) is 1.19. The van der Waals surface area contributed by atoms with E-state index in [9.17, 15) is 0 Å². The van der Waals surface area contributed by atoms with E-state index in [1.165, 1.54) is 18.4 Å². The molecule has 0 spiro atoms. The zero-order chi connectivity index (χ0) is 14.0. The Balaban J connectivity index is 1.46. The maximum Gasteiger partial charge on any atom is 0.129 e. The van der Waals surface area contributed by atoms with Crippen LogP contribution in [0.2, 0.25) is 0 Å². The van der Waals surface area contributed by atoms with E-state index < -0.39 is 0 Å². The highest BCUT2D eigenvalue weighted by Gasteiger charge is 2.20. The van der Waals surface area contributed by atoms with E-state index in [-0.39, 0.29) is 0 Å². The predicted octanol–water partition coefficient (Wildman–Crippen LogP) is 2.10. The average molecular weight is 283 g/mol. The van der Waals surface area contributed by atoms with Crippen molar-refractivity contribution in [2.24, 2.45) is 0 Å². The highest BCUT2D eigenvalue weighted by atomic mass is 16.5. The highest BCUT2D eigenvalue weighted by Crippen LogP contribution is 2.19. The minimum atomic E-state index is 0.529. The molecule has 1 fully saturated rings. The van der Waals surface area contributed by atoms with Gasteiger partial charge in [-0.3, -0.25) is 0 Å². The van der Waals surface area contributed by atoms with Gasteiger partial charge in [0.1, 0.15) is 12.4 Å². The van der Waals surface area contributed by atoms with Gasteiger partial charge in [-0.15, -0.1) is 0 Å². The van der Waals surface area contributed by atoms with Crippen LogP contribution in [0.4, 0.5) is 0 Å². The molecule has 1 aromatic rings. The lowest BCUT2D eigenvalue weighted by Gasteiger charge is -2.04. The first-order valence-corrected chi connectivity index (χ1v) is 7.32. The van der Waals surface area contributed by atoms with Gasteiger partial charge < -0.3 is 23.9 Å². The molecule has 20 heavy (non-hydrogen) atoms. The summed E-state index contributed by atoms with van der Waals surface area (Å²) in [4.78, 5) is 0. The Bertz CT molecular complexity index is 363. The predicted molar refractivity (Wildman–Crippen MR) is 75.5 cm³/mol.